The van der Waals surface area contributed by atoms with Gasteiger partial charge in [-0.1, -0.05) is 30.3 Å². The predicted octanol–water partition coefficient (Wildman–Crippen LogP) is 3.58. The Balaban J connectivity index is 1.86. The maximum Gasteiger partial charge on any atom is 0.118 e. The van der Waals surface area contributed by atoms with Crippen LogP contribution in [0.4, 0.5) is 0 Å². The van der Waals surface area contributed by atoms with Gasteiger partial charge in [-0.15, -0.1) is 11.8 Å². The molecule has 1 aliphatic rings. The van der Waals surface area contributed by atoms with Crippen LogP contribution in [0.25, 0.3) is 0 Å². The standard InChI is InChI=1S/C16H17NOS/c1-18-12-8-6-11(7-9-12)16(17)14-10-19-15-5-3-2-4-13(14)15/h2-9,14,16H,10,17H2,1H3. The molecule has 0 amide bonds. The Morgan fingerprint density at radius 3 is 2.63 bits per heavy atom. The fourth-order valence-corrected chi connectivity index (χ4v) is 3.85. The molecule has 1 aliphatic heterocycles. The second-order valence-corrected chi connectivity index (χ2v) is 5.82. The summed E-state index contributed by atoms with van der Waals surface area (Å²) in [5, 5.41) is 0. The SMILES string of the molecule is COc1ccc(C(N)C2CSc3ccccc32)cc1. The lowest BCUT2D eigenvalue weighted by molar-refractivity contribution is 0.414. The molecule has 0 spiro atoms. The molecule has 0 aliphatic carbocycles. The van der Waals surface area contributed by atoms with Crippen LogP contribution in [0, 0.1) is 0 Å². The molecule has 0 fully saturated rings. The monoisotopic (exact) mass is 271 g/mol. The first-order valence-corrected chi connectivity index (χ1v) is 7.39. The molecule has 98 valence electrons. The van der Waals surface area contributed by atoms with Gasteiger partial charge in [-0.3, -0.25) is 0 Å². The lowest BCUT2D eigenvalue weighted by Gasteiger charge is -2.20. The van der Waals surface area contributed by atoms with Crippen molar-refractivity contribution >= 4 is 11.8 Å². The molecular weight excluding hydrogens is 254 g/mol. The van der Waals surface area contributed by atoms with Crippen molar-refractivity contribution in [2.45, 2.75) is 16.9 Å². The van der Waals surface area contributed by atoms with E-state index in [9.17, 15) is 0 Å². The van der Waals surface area contributed by atoms with Crippen LogP contribution in [0.2, 0.25) is 0 Å². The van der Waals surface area contributed by atoms with E-state index in [-0.39, 0.29) is 6.04 Å². The largest absolute Gasteiger partial charge is 0.497 e. The van der Waals surface area contributed by atoms with Crippen molar-refractivity contribution in [1.82, 2.24) is 0 Å². The average Bonchev–Trinajstić information content (AvgIpc) is 2.90. The Morgan fingerprint density at radius 2 is 1.89 bits per heavy atom. The number of methoxy groups -OCH3 is 1. The van der Waals surface area contributed by atoms with Crippen LogP contribution in [-0.2, 0) is 0 Å². The van der Waals surface area contributed by atoms with Gasteiger partial charge in [-0.05, 0) is 29.3 Å². The lowest BCUT2D eigenvalue weighted by Crippen LogP contribution is -2.19. The summed E-state index contributed by atoms with van der Waals surface area (Å²) < 4.78 is 5.19. The highest BCUT2D eigenvalue weighted by atomic mass is 32.2. The third-order valence-electron chi connectivity index (χ3n) is 3.67. The van der Waals surface area contributed by atoms with Crippen molar-refractivity contribution in [2.75, 3.05) is 12.9 Å². The van der Waals surface area contributed by atoms with Crippen LogP contribution in [-0.4, -0.2) is 12.9 Å². The normalized spacial score (nSPS) is 18.9. The van der Waals surface area contributed by atoms with Crippen molar-refractivity contribution in [3.63, 3.8) is 0 Å². The average molecular weight is 271 g/mol. The Bertz CT molecular complexity index is 567. The van der Waals surface area contributed by atoms with E-state index in [1.165, 1.54) is 16.0 Å². The smallest absolute Gasteiger partial charge is 0.118 e. The molecule has 2 aromatic rings. The van der Waals surface area contributed by atoms with Gasteiger partial charge in [0.2, 0.25) is 0 Å². The molecule has 2 N–H and O–H groups in total. The van der Waals surface area contributed by atoms with E-state index >= 15 is 0 Å². The van der Waals surface area contributed by atoms with E-state index in [1.54, 1.807) is 7.11 Å². The summed E-state index contributed by atoms with van der Waals surface area (Å²) in [7, 11) is 1.68. The van der Waals surface area contributed by atoms with E-state index in [1.807, 2.05) is 23.9 Å². The summed E-state index contributed by atoms with van der Waals surface area (Å²) in [4.78, 5) is 1.37. The van der Waals surface area contributed by atoms with E-state index in [0.717, 1.165) is 11.5 Å². The number of thioether (sulfide) groups is 1. The minimum atomic E-state index is 0.0436. The molecule has 19 heavy (non-hydrogen) atoms. The molecular formula is C16H17NOS. The van der Waals surface area contributed by atoms with Crippen LogP contribution in [0.15, 0.2) is 53.4 Å². The van der Waals surface area contributed by atoms with Crippen LogP contribution in [0.5, 0.6) is 5.75 Å². The third-order valence-corrected chi connectivity index (χ3v) is 4.88. The molecule has 3 rings (SSSR count). The summed E-state index contributed by atoms with van der Waals surface area (Å²) in [5.74, 6) is 2.33. The number of rotatable bonds is 3. The predicted molar refractivity (Wildman–Crippen MR) is 79.8 cm³/mol. The number of nitrogens with two attached hydrogens (primary N) is 1. The number of benzene rings is 2. The first-order valence-electron chi connectivity index (χ1n) is 6.41. The van der Waals surface area contributed by atoms with Crippen LogP contribution in [0.3, 0.4) is 0 Å². The minimum absolute atomic E-state index is 0.0436. The van der Waals surface area contributed by atoms with Crippen LogP contribution < -0.4 is 10.5 Å². The van der Waals surface area contributed by atoms with Gasteiger partial charge in [0.1, 0.15) is 5.75 Å². The van der Waals surface area contributed by atoms with Crippen molar-refractivity contribution in [1.29, 1.82) is 0 Å². The first kappa shape index (κ1) is 12.6. The van der Waals surface area contributed by atoms with E-state index in [2.05, 4.69) is 36.4 Å². The molecule has 2 nitrogen and oxygen atoms in total. The summed E-state index contributed by atoms with van der Waals surface area (Å²) in [6, 6.07) is 16.7. The molecule has 0 bridgehead atoms. The van der Waals surface area contributed by atoms with Gasteiger partial charge >= 0.3 is 0 Å². The number of hydrogen-bond acceptors (Lipinski definition) is 3. The van der Waals surface area contributed by atoms with Gasteiger partial charge < -0.3 is 10.5 Å². The van der Waals surface area contributed by atoms with E-state index in [4.69, 9.17) is 10.5 Å². The van der Waals surface area contributed by atoms with Gasteiger partial charge in [0, 0.05) is 22.6 Å². The van der Waals surface area contributed by atoms with Crippen molar-refractivity contribution in [3.8, 4) is 5.75 Å². The Kier molecular flexibility index (Phi) is 3.49. The zero-order chi connectivity index (χ0) is 13.2. The van der Waals surface area contributed by atoms with E-state index in [0.29, 0.717) is 5.92 Å². The highest BCUT2D eigenvalue weighted by Crippen LogP contribution is 2.44. The van der Waals surface area contributed by atoms with Gasteiger partial charge in [-0.25, -0.2) is 0 Å². The summed E-state index contributed by atoms with van der Waals surface area (Å²) in [6.07, 6.45) is 0. The second kappa shape index (κ2) is 5.27. The second-order valence-electron chi connectivity index (χ2n) is 4.75. The summed E-state index contributed by atoms with van der Waals surface area (Å²) >= 11 is 1.90. The zero-order valence-corrected chi connectivity index (χ0v) is 11.7. The van der Waals surface area contributed by atoms with Crippen molar-refractivity contribution in [2.24, 2.45) is 5.73 Å². The van der Waals surface area contributed by atoms with Gasteiger partial charge in [0.15, 0.2) is 0 Å². The molecule has 2 unspecified atom stereocenters. The Hall–Kier alpha value is -1.45. The van der Waals surface area contributed by atoms with Gasteiger partial charge in [0.25, 0.3) is 0 Å². The number of hydrogen-bond donors (Lipinski definition) is 1. The highest BCUT2D eigenvalue weighted by molar-refractivity contribution is 7.99. The number of fused-ring (bicyclic) bond motifs is 1. The Morgan fingerprint density at radius 1 is 1.16 bits per heavy atom. The molecule has 0 aromatic heterocycles. The third kappa shape index (κ3) is 2.36. The maximum absolute atomic E-state index is 6.45. The fourth-order valence-electron chi connectivity index (χ4n) is 2.54. The summed E-state index contributed by atoms with van der Waals surface area (Å²) in [6.45, 7) is 0. The molecule has 0 saturated heterocycles. The molecule has 3 heteroatoms. The van der Waals surface area contributed by atoms with Crippen molar-refractivity contribution < 1.29 is 4.74 Å². The van der Waals surface area contributed by atoms with Crippen LogP contribution >= 0.6 is 11.8 Å². The topological polar surface area (TPSA) is 35.2 Å². The summed E-state index contributed by atoms with van der Waals surface area (Å²) in [5.41, 5.74) is 9.01. The first-order chi connectivity index (χ1) is 9.29. The Labute approximate surface area is 118 Å². The minimum Gasteiger partial charge on any atom is -0.497 e. The molecule has 2 atom stereocenters. The lowest BCUT2D eigenvalue weighted by atomic mass is 9.89. The molecule has 2 aromatic carbocycles. The molecule has 0 saturated carbocycles. The molecule has 0 radical (unpaired) electrons. The van der Waals surface area contributed by atoms with Gasteiger partial charge in [-0.2, -0.15) is 0 Å². The zero-order valence-electron chi connectivity index (χ0n) is 10.9. The fraction of sp³-hybridized carbons (Fsp3) is 0.250. The molecule has 1 heterocycles. The number of ether oxygens (including phenoxy) is 1. The quantitative estimate of drug-likeness (QED) is 0.926. The van der Waals surface area contributed by atoms with E-state index < -0.39 is 0 Å². The highest BCUT2D eigenvalue weighted by Gasteiger charge is 2.28. The van der Waals surface area contributed by atoms with Gasteiger partial charge in [0.05, 0.1) is 7.11 Å². The van der Waals surface area contributed by atoms with Crippen LogP contribution in [0.1, 0.15) is 23.1 Å². The maximum atomic E-state index is 6.45. The van der Waals surface area contributed by atoms with Crippen molar-refractivity contribution in [3.05, 3.63) is 59.7 Å².